The molecule has 1 aliphatic rings. The van der Waals surface area contributed by atoms with Crippen LogP contribution < -0.4 is 0 Å². The zero-order valence-electron chi connectivity index (χ0n) is 7.48. The van der Waals surface area contributed by atoms with Crippen LogP contribution in [0.25, 0.3) is 0 Å². The fourth-order valence-electron chi connectivity index (χ4n) is 1.09. The van der Waals surface area contributed by atoms with Gasteiger partial charge in [-0.15, -0.1) is 0 Å². The Morgan fingerprint density at radius 3 is 2.71 bits per heavy atom. The highest BCUT2D eigenvalue weighted by Crippen LogP contribution is 2.17. The summed E-state index contributed by atoms with van der Waals surface area (Å²) in [5.41, 5.74) is 1.24. The van der Waals surface area contributed by atoms with Crippen LogP contribution in [-0.4, -0.2) is 17.9 Å². The highest BCUT2D eigenvalue weighted by atomic mass is 35.5. The standard InChI is InChI=1S/C10H9ClN2S/c11-9-3-1-8(2-4-9)7-14-10-12-5-6-13-10/h1-5H,6-7H2. The lowest BCUT2D eigenvalue weighted by atomic mass is 10.2. The van der Waals surface area contributed by atoms with Crippen LogP contribution in [0.5, 0.6) is 0 Å². The lowest BCUT2D eigenvalue weighted by molar-refractivity contribution is 1.37. The third-order valence-corrected chi connectivity index (χ3v) is 3.01. The fraction of sp³-hybridized carbons (Fsp3) is 0.200. The van der Waals surface area contributed by atoms with Gasteiger partial charge >= 0.3 is 0 Å². The molecule has 0 saturated heterocycles. The Morgan fingerprint density at radius 2 is 2.07 bits per heavy atom. The van der Waals surface area contributed by atoms with Crippen LogP contribution in [0.3, 0.4) is 0 Å². The summed E-state index contributed by atoms with van der Waals surface area (Å²) in [5, 5.41) is 1.65. The number of aliphatic imine (C=N–C) groups is 2. The lowest BCUT2D eigenvalue weighted by Crippen LogP contribution is -1.85. The van der Waals surface area contributed by atoms with Crippen LogP contribution in [-0.2, 0) is 5.75 Å². The van der Waals surface area contributed by atoms with Crippen molar-refractivity contribution in [2.75, 3.05) is 6.54 Å². The van der Waals surface area contributed by atoms with E-state index in [4.69, 9.17) is 11.6 Å². The average Bonchev–Trinajstić information content (AvgIpc) is 2.70. The number of benzene rings is 1. The molecular formula is C10H9ClN2S. The number of amidine groups is 1. The Labute approximate surface area is 92.1 Å². The van der Waals surface area contributed by atoms with Crippen LogP contribution in [0.4, 0.5) is 0 Å². The Hall–Kier alpha value is -0.800. The van der Waals surface area contributed by atoms with Gasteiger partial charge < -0.3 is 0 Å². The predicted molar refractivity (Wildman–Crippen MR) is 63.5 cm³/mol. The summed E-state index contributed by atoms with van der Waals surface area (Å²) in [6.07, 6.45) is 1.82. The van der Waals surface area contributed by atoms with Crippen LogP contribution in [0, 0.1) is 0 Å². The third kappa shape index (κ3) is 2.59. The van der Waals surface area contributed by atoms with E-state index in [-0.39, 0.29) is 0 Å². The largest absolute Gasteiger partial charge is 0.255 e. The molecule has 0 bridgehead atoms. The van der Waals surface area contributed by atoms with Gasteiger partial charge in [0.25, 0.3) is 0 Å². The second kappa shape index (κ2) is 4.62. The first-order chi connectivity index (χ1) is 6.84. The molecule has 0 saturated carbocycles. The maximum Gasteiger partial charge on any atom is 0.183 e. The number of halogens is 1. The average molecular weight is 225 g/mol. The van der Waals surface area contributed by atoms with Gasteiger partial charge in [0, 0.05) is 17.0 Å². The summed E-state index contributed by atoms with van der Waals surface area (Å²) < 4.78 is 0. The molecule has 72 valence electrons. The van der Waals surface area contributed by atoms with Crippen LogP contribution in [0.2, 0.25) is 5.02 Å². The molecule has 4 heteroatoms. The molecule has 0 atom stereocenters. The maximum absolute atomic E-state index is 5.78. The smallest absolute Gasteiger partial charge is 0.183 e. The van der Waals surface area contributed by atoms with Gasteiger partial charge in [0.1, 0.15) is 0 Å². The molecule has 1 heterocycles. The Bertz CT molecular complexity index is 370. The van der Waals surface area contributed by atoms with E-state index in [0.717, 1.165) is 22.5 Å². The van der Waals surface area contributed by atoms with E-state index < -0.39 is 0 Å². The van der Waals surface area contributed by atoms with Crippen molar-refractivity contribution in [3.8, 4) is 0 Å². The minimum Gasteiger partial charge on any atom is -0.255 e. The minimum absolute atomic E-state index is 0.725. The summed E-state index contributed by atoms with van der Waals surface area (Å²) in [7, 11) is 0. The molecular weight excluding hydrogens is 216 g/mol. The quantitative estimate of drug-likeness (QED) is 0.758. The second-order valence-corrected chi connectivity index (χ2v) is 4.23. The molecule has 1 aliphatic heterocycles. The predicted octanol–water partition coefficient (Wildman–Crippen LogP) is 3.01. The van der Waals surface area contributed by atoms with Gasteiger partial charge in [-0.25, -0.2) is 4.99 Å². The molecule has 0 radical (unpaired) electrons. The lowest BCUT2D eigenvalue weighted by Gasteiger charge is -1.99. The van der Waals surface area contributed by atoms with Crippen molar-refractivity contribution in [1.82, 2.24) is 0 Å². The fourth-order valence-corrected chi connectivity index (χ4v) is 2.02. The Kier molecular flexibility index (Phi) is 3.22. The van der Waals surface area contributed by atoms with Gasteiger partial charge in [-0.2, -0.15) is 0 Å². The van der Waals surface area contributed by atoms with E-state index in [9.17, 15) is 0 Å². The van der Waals surface area contributed by atoms with Gasteiger partial charge in [-0.05, 0) is 17.7 Å². The number of hydrogen-bond donors (Lipinski definition) is 0. The van der Waals surface area contributed by atoms with E-state index in [0.29, 0.717) is 0 Å². The van der Waals surface area contributed by atoms with E-state index in [1.165, 1.54) is 5.56 Å². The molecule has 2 rings (SSSR count). The second-order valence-electron chi connectivity index (χ2n) is 2.85. The molecule has 0 unspecified atom stereocenters. The number of hydrogen-bond acceptors (Lipinski definition) is 3. The van der Waals surface area contributed by atoms with Crippen molar-refractivity contribution >= 4 is 34.7 Å². The normalized spacial score (nSPS) is 14.5. The third-order valence-electron chi connectivity index (χ3n) is 1.79. The van der Waals surface area contributed by atoms with Gasteiger partial charge in [0.15, 0.2) is 5.17 Å². The van der Waals surface area contributed by atoms with Crippen molar-refractivity contribution in [2.45, 2.75) is 5.75 Å². The minimum atomic E-state index is 0.725. The van der Waals surface area contributed by atoms with Crippen LogP contribution >= 0.6 is 23.4 Å². The first kappa shape index (κ1) is 9.74. The van der Waals surface area contributed by atoms with Gasteiger partial charge in [-0.1, -0.05) is 35.5 Å². The summed E-state index contributed by atoms with van der Waals surface area (Å²) in [6, 6.07) is 7.84. The number of thioether (sulfide) groups is 1. The van der Waals surface area contributed by atoms with E-state index in [1.54, 1.807) is 11.8 Å². The van der Waals surface area contributed by atoms with E-state index in [1.807, 2.05) is 30.5 Å². The van der Waals surface area contributed by atoms with Crippen LogP contribution in [0.15, 0.2) is 34.3 Å². The monoisotopic (exact) mass is 224 g/mol. The first-order valence-electron chi connectivity index (χ1n) is 4.29. The highest BCUT2D eigenvalue weighted by molar-refractivity contribution is 8.13. The summed E-state index contributed by atoms with van der Waals surface area (Å²) in [5.74, 6) is 0.896. The van der Waals surface area contributed by atoms with E-state index >= 15 is 0 Å². The topological polar surface area (TPSA) is 24.7 Å². The van der Waals surface area contributed by atoms with Crippen molar-refractivity contribution in [3.63, 3.8) is 0 Å². The van der Waals surface area contributed by atoms with Crippen molar-refractivity contribution < 1.29 is 0 Å². The first-order valence-corrected chi connectivity index (χ1v) is 5.65. The molecule has 0 amide bonds. The Balaban J connectivity index is 1.91. The number of nitrogens with zero attached hydrogens (tertiary/aromatic N) is 2. The molecule has 0 aromatic heterocycles. The molecule has 0 fully saturated rings. The van der Waals surface area contributed by atoms with Crippen molar-refractivity contribution in [2.24, 2.45) is 9.98 Å². The van der Waals surface area contributed by atoms with Gasteiger partial charge in [0.2, 0.25) is 0 Å². The molecule has 1 aromatic carbocycles. The van der Waals surface area contributed by atoms with Crippen LogP contribution in [0.1, 0.15) is 5.56 Å². The molecule has 14 heavy (non-hydrogen) atoms. The summed E-state index contributed by atoms with van der Waals surface area (Å²) in [6.45, 7) is 0.725. The maximum atomic E-state index is 5.78. The zero-order valence-corrected chi connectivity index (χ0v) is 9.05. The number of rotatable bonds is 2. The molecule has 0 aliphatic carbocycles. The summed E-state index contributed by atoms with van der Waals surface area (Å²) >= 11 is 7.44. The zero-order chi connectivity index (χ0) is 9.80. The Morgan fingerprint density at radius 1 is 1.29 bits per heavy atom. The molecule has 2 nitrogen and oxygen atoms in total. The molecule has 0 N–H and O–H groups in total. The van der Waals surface area contributed by atoms with Gasteiger partial charge in [-0.3, -0.25) is 4.99 Å². The van der Waals surface area contributed by atoms with Crippen molar-refractivity contribution in [1.29, 1.82) is 0 Å². The van der Waals surface area contributed by atoms with Gasteiger partial charge in [0.05, 0.1) is 6.54 Å². The molecule has 1 aromatic rings. The highest BCUT2D eigenvalue weighted by Gasteiger charge is 2.02. The SMILES string of the molecule is Clc1ccc(CSC2=NCC=N2)cc1. The van der Waals surface area contributed by atoms with E-state index in [2.05, 4.69) is 9.98 Å². The van der Waals surface area contributed by atoms with Crippen molar-refractivity contribution in [3.05, 3.63) is 34.9 Å². The molecule has 0 spiro atoms. The summed E-state index contributed by atoms with van der Waals surface area (Å²) in [4.78, 5) is 8.33.